The highest BCUT2D eigenvalue weighted by Crippen LogP contribution is 2.24. The number of nitrogens with zero attached hydrogens (tertiary/aromatic N) is 3. The fourth-order valence-corrected chi connectivity index (χ4v) is 4.22. The highest BCUT2D eigenvalue weighted by atomic mass is 16.2. The Kier molecular flexibility index (Phi) is 5.48. The molecule has 0 saturated heterocycles. The van der Waals surface area contributed by atoms with Gasteiger partial charge in [-0.2, -0.15) is 0 Å². The third kappa shape index (κ3) is 4.03. The Morgan fingerprint density at radius 2 is 1.64 bits per heavy atom. The summed E-state index contributed by atoms with van der Waals surface area (Å²) in [4.78, 5) is 35.2. The first-order valence-corrected chi connectivity index (χ1v) is 11.0. The van der Waals surface area contributed by atoms with Crippen LogP contribution in [0.15, 0.2) is 89.9 Å². The van der Waals surface area contributed by atoms with Gasteiger partial charge in [-0.05, 0) is 30.7 Å². The van der Waals surface area contributed by atoms with Crippen molar-refractivity contribution >= 4 is 27.7 Å². The predicted octanol–water partition coefficient (Wildman–Crippen LogP) is 4.59. The summed E-state index contributed by atoms with van der Waals surface area (Å²) in [6.45, 7) is 3.33. The molecular formula is C27H24N4O2. The van der Waals surface area contributed by atoms with Gasteiger partial charge < -0.3 is 14.5 Å². The number of benzene rings is 3. The first-order valence-electron chi connectivity index (χ1n) is 11.0. The molecule has 6 heteroatoms. The molecule has 164 valence electrons. The maximum absolute atomic E-state index is 13.6. The molecule has 5 rings (SSSR count). The lowest BCUT2D eigenvalue weighted by molar-refractivity contribution is 0.0750. The van der Waals surface area contributed by atoms with E-state index in [1.165, 1.54) is 5.56 Å². The molecule has 5 aromatic rings. The van der Waals surface area contributed by atoms with Crippen LogP contribution < -0.4 is 5.56 Å². The number of rotatable bonds is 6. The van der Waals surface area contributed by atoms with Crippen molar-refractivity contribution in [2.45, 2.75) is 20.0 Å². The Balaban J connectivity index is 1.49. The van der Waals surface area contributed by atoms with Gasteiger partial charge in [0.15, 0.2) is 0 Å². The van der Waals surface area contributed by atoms with E-state index in [4.69, 9.17) is 0 Å². The second-order valence-electron chi connectivity index (χ2n) is 8.02. The van der Waals surface area contributed by atoms with E-state index in [1.807, 2.05) is 73.8 Å². The number of carbonyl (C=O) groups is 1. The number of nitrogens with one attached hydrogen (secondary N) is 1. The normalized spacial score (nSPS) is 11.2. The highest BCUT2D eigenvalue weighted by molar-refractivity contribution is 6.07. The van der Waals surface area contributed by atoms with Crippen LogP contribution in [0.3, 0.4) is 0 Å². The molecule has 0 radical (unpaired) electrons. The molecule has 1 N–H and O–H groups in total. The van der Waals surface area contributed by atoms with Crippen molar-refractivity contribution < 1.29 is 4.79 Å². The molecule has 0 atom stereocenters. The zero-order valence-corrected chi connectivity index (χ0v) is 18.4. The van der Waals surface area contributed by atoms with E-state index < -0.39 is 0 Å². The number of fused-ring (bicyclic) bond motifs is 2. The minimum absolute atomic E-state index is 0.0867. The summed E-state index contributed by atoms with van der Waals surface area (Å²) in [7, 11) is 0. The van der Waals surface area contributed by atoms with E-state index in [-0.39, 0.29) is 18.0 Å². The first-order chi connectivity index (χ1) is 16.1. The molecule has 6 nitrogen and oxygen atoms in total. The zero-order valence-electron chi connectivity index (χ0n) is 18.4. The summed E-state index contributed by atoms with van der Waals surface area (Å²) >= 11 is 0. The van der Waals surface area contributed by atoms with Gasteiger partial charge in [0, 0.05) is 30.2 Å². The van der Waals surface area contributed by atoms with Crippen LogP contribution >= 0.6 is 0 Å². The Morgan fingerprint density at radius 1 is 0.939 bits per heavy atom. The van der Waals surface area contributed by atoms with Gasteiger partial charge in [0.05, 0.1) is 23.0 Å². The molecule has 3 aromatic carbocycles. The van der Waals surface area contributed by atoms with Crippen molar-refractivity contribution in [3.8, 4) is 0 Å². The summed E-state index contributed by atoms with van der Waals surface area (Å²) in [6, 6.07) is 25.4. The molecule has 0 spiro atoms. The molecule has 0 aliphatic rings. The Bertz CT molecular complexity index is 1500. The van der Waals surface area contributed by atoms with E-state index in [0.29, 0.717) is 35.4 Å². The van der Waals surface area contributed by atoms with Gasteiger partial charge in [-0.3, -0.25) is 9.59 Å². The number of hydrogen-bond acceptors (Lipinski definition) is 3. The van der Waals surface area contributed by atoms with Gasteiger partial charge in [0.2, 0.25) is 0 Å². The third-order valence-electron chi connectivity index (χ3n) is 5.89. The van der Waals surface area contributed by atoms with E-state index in [1.54, 1.807) is 11.0 Å². The van der Waals surface area contributed by atoms with Crippen LogP contribution in [0, 0.1) is 0 Å². The number of carbonyl (C=O) groups excluding carboxylic acids is 1. The topological polar surface area (TPSA) is 71.0 Å². The zero-order chi connectivity index (χ0) is 22.8. The summed E-state index contributed by atoms with van der Waals surface area (Å²) in [6.07, 6.45) is 1.93. The van der Waals surface area contributed by atoms with Crippen LogP contribution in [0.5, 0.6) is 0 Å². The fraction of sp³-hybridized carbons (Fsp3) is 0.148. The van der Waals surface area contributed by atoms with Crippen LogP contribution in [-0.2, 0) is 13.1 Å². The standard InChI is InChI=1S/C27H24N4O2/c1-2-30(18-25-28-23-14-8-6-13-21(23)26(32)29-25)27(33)22-17-31(16-19-10-4-3-5-11-19)24-15-9-7-12-20(22)24/h3-15,17H,2,16,18H2,1H3,(H,28,29,32). The van der Waals surface area contributed by atoms with Gasteiger partial charge in [0.25, 0.3) is 11.5 Å². The second kappa shape index (κ2) is 8.74. The molecule has 0 aliphatic carbocycles. The average molecular weight is 437 g/mol. The molecular weight excluding hydrogens is 412 g/mol. The monoisotopic (exact) mass is 436 g/mol. The molecule has 0 saturated carbocycles. The van der Waals surface area contributed by atoms with Crippen LogP contribution in [0.1, 0.15) is 28.7 Å². The lowest BCUT2D eigenvalue weighted by Gasteiger charge is -2.20. The summed E-state index contributed by atoms with van der Waals surface area (Å²) in [5.41, 5.74) is 3.25. The lowest BCUT2D eigenvalue weighted by atomic mass is 10.1. The second-order valence-corrected chi connectivity index (χ2v) is 8.02. The van der Waals surface area contributed by atoms with E-state index in [9.17, 15) is 9.59 Å². The lowest BCUT2D eigenvalue weighted by Crippen LogP contribution is -2.31. The van der Waals surface area contributed by atoms with Crippen molar-refractivity contribution in [2.24, 2.45) is 0 Å². The molecule has 2 heterocycles. The van der Waals surface area contributed by atoms with Gasteiger partial charge in [-0.1, -0.05) is 60.7 Å². The maximum Gasteiger partial charge on any atom is 0.258 e. The van der Waals surface area contributed by atoms with E-state index >= 15 is 0 Å². The molecule has 33 heavy (non-hydrogen) atoms. The number of aromatic amines is 1. The Hall–Kier alpha value is -4.19. The molecule has 0 aliphatic heterocycles. The minimum atomic E-state index is -0.196. The van der Waals surface area contributed by atoms with Crippen LogP contribution in [0.2, 0.25) is 0 Å². The number of para-hydroxylation sites is 2. The SMILES string of the molecule is CCN(Cc1nc2ccccc2c(=O)[nH]1)C(=O)c1cn(Cc2ccccc2)c2ccccc12. The fourth-order valence-electron chi connectivity index (χ4n) is 4.22. The number of hydrogen-bond donors (Lipinski definition) is 1. The van der Waals surface area contributed by atoms with Crippen molar-refractivity contribution in [1.82, 2.24) is 19.4 Å². The first kappa shape index (κ1) is 20.7. The predicted molar refractivity (Wildman–Crippen MR) is 130 cm³/mol. The third-order valence-corrected chi connectivity index (χ3v) is 5.89. The molecule has 0 bridgehead atoms. The summed E-state index contributed by atoms with van der Waals surface area (Å²) < 4.78 is 2.11. The number of amides is 1. The average Bonchev–Trinajstić information content (AvgIpc) is 3.21. The van der Waals surface area contributed by atoms with Crippen molar-refractivity contribution in [3.05, 3.63) is 112 Å². The summed E-state index contributed by atoms with van der Waals surface area (Å²) in [5, 5.41) is 1.46. The van der Waals surface area contributed by atoms with Crippen LogP contribution in [-0.4, -0.2) is 31.9 Å². The van der Waals surface area contributed by atoms with Crippen molar-refractivity contribution in [2.75, 3.05) is 6.54 Å². The largest absolute Gasteiger partial charge is 0.342 e. The highest BCUT2D eigenvalue weighted by Gasteiger charge is 2.21. The quantitative estimate of drug-likeness (QED) is 0.423. The molecule has 0 fully saturated rings. The maximum atomic E-state index is 13.6. The van der Waals surface area contributed by atoms with E-state index in [0.717, 1.165) is 10.9 Å². The molecule has 2 aromatic heterocycles. The van der Waals surface area contributed by atoms with Crippen LogP contribution in [0.25, 0.3) is 21.8 Å². The number of aromatic nitrogens is 3. The van der Waals surface area contributed by atoms with Gasteiger partial charge in [-0.25, -0.2) is 4.98 Å². The van der Waals surface area contributed by atoms with Gasteiger partial charge >= 0.3 is 0 Å². The minimum Gasteiger partial charge on any atom is -0.342 e. The van der Waals surface area contributed by atoms with Gasteiger partial charge in [0.1, 0.15) is 5.82 Å². The van der Waals surface area contributed by atoms with E-state index in [2.05, 4.69) is 26.7 Å². The number of H-pyrrole nitrogens is 1. The van der Waals surface area contributed by atoms with Gasteiger partial charge in [-0.15, -0.1) is 0 Å². The van der Waals surface area contributed by atoms with Crippen molar-refractivity contribution in [1.29, 1.82) is 0 Å². The van der Waals surface area contributed by atoms with Crippen LogP contribution in [0.4, 0.5) is 0 Å². The van der Waals surface area contributed by atoms with Crippen molar-refractivity contribution in [3.63, 3.8) is 0 Å². The Morgan fingerprint density at radius 3 is 2.42 bits per heavy atom. The smallest absolute Gasteiger partial charge is 0.258 e. The Labute approximate surface area is 191 Å². The molecule has 1 amide bonds. The molecule has 0 unspecified atom stereocenters. The summed E-state index contributed by atoms with van der Waals surface area (Å²) in [5.74, 6) is 0.387.